The molecule has 1 saturated heterocycles. The summed E-state index contributed by atoms with van der Waals surface area (Å²) in [5.74, 6) is 0.144. The molecular formula is C19H35N3O2. The molecule has 0 aromatic rings. The molecule has 2 rings (SSSR count). The number of allylic oxidation sites excluding steroid dienone is 1. The molecule has 0 aromatic heterocycles. The van der Waals surface area contributed by atoms with Crippen LogP contribution in [0.1, 0.15) is 52.4 Å². The lowest BCUT2D eigenvalue weighted by Gasteiger charge is -2.41. The van der Waals surface area contributed by atoms with Crippen LogP contribution in [0, 0.1) is 0 Å². The molecule has 1 fully saturated rings. The standard InChI is InChI=1S/C19H35N3O2/c1-3-18-14-21(11-12-22(18)13-16(2)23)15-19(24)20-10-9-17-7-5-4-6-8-17/h7,16,18,23H,3-6,8-15H2,1-2H3,(H,20,24)/t16-,18+/m0/s1. The molecule has 5 heteroatoms. The average molecular weight is 338 g/mol. The normalized spacial score (nSPS) is 24.5. The molecule has 5 nitrogen and oxygen atoms in total. The predicted octanol–water partition coefficient (Wildman–Crippen LogP) is 1.77. The van der Waals surface area contributed by atoms with Crippen LogP contribution in [0.2, 0.25) is 0 Å². The summed E-state index contributed by atoms with van der Waals surface area (Å²) in [6, 6.07) is 0.438. The van der Waals surface area contributed by atoms with E-state index in [0.717, 1.165) is 45.6 Å². The maximum atomic E-state index is 12.2. The lowest BCUT2D eigenvalue weighted by atomic mass is 9.97. The minimum Gasteiger partial charge on any atom is -0.392 e. The molecule has 0 bridgehead atoms. The highest BCUT2D eigenvalue weighted by atomic mass is 16.3. The molecule has 1 amide bonds. The Hall–Kier alpha value is -0.910. The van der Waals surface area contributed by atoms with Gasteiger partial charge >= 0.3 is 0 Å². The van der Waals surface area contributed by atoms with E-state index in [0.29, 0.717) is 12.6 Å². The SMILES string of the molecule is CC[C@@H]1CN(CC(=O)NCCC2=CCCCC2)CCN1C[C@H](C)O. The van der Waals surface area contributed by atoms with Crippen LogP contribution >= 0.6 is 0 Å². The average Bonchev–Trinajstić information content (AvgIpc) is 2.56. The van der Waals surface area contributed by atoms with Crippen LogP contribution in [0.3, 0.4) is 0 Å². The third-order valence-electron chi connectivity index (χ3n) is 5.18. The smallest absolute Gasteiger partial charge is 0.234 e. The summed E-state index contributed by atoms with van der Waals surface area (Å²) < 4.78 is 0. The van der Waals surface area contributed by atoms with E-state index in [4.69, 9.17) is 0 Å². The summed E-state index contributed by atoms with van der Waals surface area (Å²) in [6.45, 7) is 8.78. The topological polar surface area (TPSA) is 55.8 Å². The number of amides is 1. The number of hydrogen-bond acceptors (Lipinski definition) is 4. The van der Waals surface area contributed by atoms with Gasteiger partial charge in [-0.2, -0.15) is 0 Å². The summed E-state index contributed by atoms with van der Waals surface area (Å²) in [4.78, 5) is 16.8. The van der Waals surface area contributed by atoms with Gasteiger partial charge in [-0.15, -0.1) is 0 Å². The molecule has 1 aliphatic heterocycles. The van der Waals surface area contributed by atoms with Crippen molar-refractivity contribution in [2.45, 2.75) is 64.5 Å². The number of β-amino-alcohol motifs (C(OH)–C–C–N with tert-alkyl or cyclic N) is 1. The lowest BCUT2D eigenvalue weighted by Crippen LogP contribution is -2.56. The van der Waals surface area contributed by atoms with Crippen LogP contribution in [0.4, 0.5) is 0 Å². The molecule has 0 spiro atoms. The van der Waals surface area contributed by atoms with E-state index < -0.39 is 0 Å². The Labute approximate surface area is 147 Å². The minimum atomic E-state index is -0.289. The summed E-state index contributed by atoms with van der Waals surface area (Å²) in [5.41, 5.74) is 1.51. The molecule has 1 aliphatic carbocycles. The highest BCUT2D eigenvalue weighted by molar-refractivity contribution is 5.78. The van der Waals surface area contributed by atoms with E-state index in [1.165, 1.54) is 31.3 Å². The highest BCUT2D eigenvalue weighted by Gasteiger charge is 2.27. The first-order valence-corrected chi connectivity index (χ1v) is 9.67. The molecule has 0 unspecified atom stereocenters. The van der Waals surface area contributed by atoms with Crippen LogP contribution in [0.5, 0.6) is 0 Å². The Morgan fingerprint density at radius 2 is 2.25 bits per heavy atom. The number of aliphatic hydroxyl groups excluding tert-OH is 1. The molecule has 138 valence electrons. The Balaban J connectivity index is 1.67. The number of nitrogens with one attached hydrogen (secondary N) is 1. The molecule has 2 aliphatic rings. The minimum absolute atomic E-state index is 0.144. The maximum absolute atomic E-state index is 12.2. The van der Waals surface area contributed by atoms with Crippen LogP contribution in [-0.2, 0) is 4.79 Å². The van der Waals surface area contributed by atoms with E-state index in [1.54, 1.807) is 0 Å². The third-order valence-corrected chi connectivity index (χ3v) is 5.18. The zero-order valence-corrected chi connectivity index (χ0v) is 15.5. The first kappa shape index (κ1) is 19.4. The monoisotopic (exact) mass is 337 g/mol. The molecule has 0 aromatic carbocycles. The van der Waals surface area contributed by atoms with Crippen molar-refractivity contribution in [1.29, 1.82) is 0 Å². The zero-order valence-electron chi connectivity index (χ0n) is 15.5. The van der Waals surface area contributed by atoms with Crippen molar-refractivity contribution in [3.63, 3.8) is 0 Å². The van der Waals surface area contributed by atoms with Gasteiger partial charge in [0.1, 0.15) is 0 Å². The molecule has 0 radical (unpaired) electrons. The Kier molecular flexibility index (Phi) is 8.22. The van der Waals surface area contributed by atoms with Gasteiger partial charge in [-0.05, 0) is 45.4 Å². The van der Waals surface area contributed by atoms with Gasteiger partial charge in [-0.25, -0.2) is 0 Å². The van der Waals surface area contributed by atoms with Crippen molar-refractivity contribution < 1.29 is 9.90 Å². The summed E-state index contributed by atoms with van der Waals surface area (Å²) >= 11 is 0. The first-order chi connectivity index (χ1) is 11.6. The predicted molar refractivity (Wildman–Crippen MR) is 98.0 cm³/mol. The maximum Gasteiger partial charge on any atom is 0.234 e. The summed E-state index contributed by atoms with van der Waals surface area (Å²) in [5, 5.41) is 12.7. The lowest BCUT2D eigenvalue weighted by molar-refractivity contribution is -0.123. The second-order valence-electron chi connectivity index (χ2n) is 7.35. The number of carbonyl (C=O) groups is 1. The molecule has 1 heterocycles. The number of hydrogen-bond donors (Lipinski definition) is 2. The van der Waals surface area contributed by atoms with Crippen LogP contribution in [0.15, 0.2) is 11.6 Å². The van der Waals surface area contributed by atoms with Crippen LogP contribution < -0.4 is 5.32 Å². The fourth-order valence-corrected chi connectivity index (χ4v) is 3.82. The fraction of sp³-hybridized carbons (Fsp3) is 0.842. The Bertz CT molecular complexity index is 423. The first-order valence-electron chi connectivity index (χ1n) is 9.67. The van der Waals surface area contributed by atoms with Crippen molar-refractivity contribution >= 4 is 5.91 Å². The number of carbonyl (C=O) groups excluding carboxylic acids is 1. The van der Waals surface area contributed by atoms with Crippen LogP contribution in [-0.4, -0.2) is 72.2 Å². The van der Waals surface area contributed by atoms with E-state index in [-0.39, 0.29) is 12.0 Å². The number of piperazine rings is 1. The largest absolute Gasteiger partial charge is 0.392 e. The van der Waals surface area contributed by atoms with Gasteiger partial charge in [-0.1, -0.05) is 18.6 Å². The summed E-state index contributed by atoms with van der Waals surface area (Å²) in [7, 11) is 0. The van der Waals surface area contributed by atoms with Gasteiger partial charge < -0.3 is 10.4 Å². The number of rotatable bonds is 8. The van der Waals surface area contributed by atoms with Crippen molar-refractivity contribution in [3.8, 4) is 0 Å². The second kappa shape index (κ2) is 10.2. The van der Waals surface area contributed by atoms with E-state index in [2.05, 4.69) is 28.1 Å². The highest BCUT2D eigenvalue weighted by Crippen LogP contribution is 2.19. The van der Waals surface area contributed by atoms with Gasteiger partial charge in [0.15, 0.2) is 0 Å². The fourth-order valence-electron chi connectivity index (χ4n) is 3.82. The van der Waals surface area contributed by atoms with Gasteiger partial charge in [0.05, 0.1) is 12.6 Å². The van der Waals surface area contributed by atoms with E-state index in [9.17, 15) is 9.90 Å². The Morgan fingerprint density at radius 3 is 2.92 bits per heavy atom. The van der Waals surface area contributed by atoms with Gasteiger partial charge in [0, 0.05) is 38.8 Å². The van der Waals surface area contributed by atoms with E-state index >= 15 is 0 Å². The van der Waals surface area contributed by atoms with Crippen LogP contribution in [0.25, 0.3) is 0 Å². The summed E-state index contributed by atoms with van der Waals surface area (Å²) in [6.07, 6.45) is 9.15. The molecule has 2 atom stereocenters. The number of aliphatic hydroxyl groups is 1. The molecule has 0 saturated carbocycles. The zero-order chi connectivity index (χ0) is 17.4. The molecule has 24 heavy (non-hydrogen) atoms. The van der Waals surface area contributed by atoms with Crippen molar-refractivity contribution in [3.05, 3.63) is 11.6 Å². The molecule has 2 N–H and O–H groups in total. The van der Waals surface area contributed by atoms with Crippen molar-refractivity contribution in [2.75, 3.05) is 39.3 Å². The second-order valence-corrected chi connectivity index (χ2v) is 7.35. The quantitative estimate of drug-likeness (QED) is 0.663. The van der Waals surface area contributed by atoms with Gasteiger partial charge in [-0.3, -0.25) is 14.6 Å². The van der Waals surface area contributed by atoms with Crippen molar-refractivity contribution in [1.82, 2.24) is 15.1 Å². The van der Waals surface area contributed by atoms with Crippen molar-refractivity contribution in [2.24, 2.45) is 0 Å². The van der Waals surface area contributed by atoms with Gasteiger partial charge in [0.25, 0.3) is 0 Å². The van der Waals surface area contributed by atoms with E-state index in [1.807, 2.05) is 6.92 Å². The van der Waals surface area contributed by atoms with Gasteiger partial charge in [0.2, 0.25) is 5.91 Å². The Morgan fingerprint density at radius 1 is 1.42 bits per heavy atom. The number of nitrogens with zero attached hydrogens (tertiary/aromatic N) is 2. The third kappa shape index (κ3) is 6.54. The molecular weight excluding hydrogens is 302 g/mol.